The fourth-order valence-corrected chi connectivity index (χ4v) is 3.07. The van der Waals surface area contributed by atoms with Crippen LogP contribution in [0.5, 0.6) is 0 Å². The molecule has 0 spiro atoms. The van der Waals surface area contributed by atoms with Crippen LogP contribution >= 0.6 is 11.6 Å². The summed E-state index contributed by atoms with van der Waals surface area (Å²) >= 11 is 5.91. The molecule has 1 amide bonds. The number of rotatable bonds is 3. The second kappa shape index (κ2) is 7.01. The molecule has 1 aromatic heterocycles. The van der Waals surface area contributed by atoms with E-state index in [-0.39, 0.29) is 5.91 Å². The lowest BCUT2D eigenvalue weighted by atomic mass is 10.0. The van der Waals surface area contributed by atoms with Gasteiger partial charge in [-0.05, 0) is 49.1 Å². The quantitative estimate of drug-likeness (QED) is 0.916. The molecule has 0 radical (unpaired) electrons. The van der Waals surface area contributed by atoms with Gasteiger partial charge in [0.25, 0.3) is 5.91 Å². The molecule has 4 nitrogen and oxygen atoms in total. The SMILES string of the molecule is CC1CCCN(c2ccc(NC(=O)c3cccc(Cl)c3)cn2)C1. The van der Waals surface area contributed by atoms with E-state index in [1.54, 1.807) is 30.5 Å². The molecule has 1 atom stereocenters. The monoisotopic (exact) mass is 329 g/mol. The van der Waals surface area contributed by atoms with Gasteiger partial charge in [0.1, 0.15) is 5.82 Å². The first-order valence-electron chi connectivity index (χ1n) is 7.90. The molecular formula is C18H20ClN3O. The Balaban J connectivity index is 1.66. The van der Waals surface area contributed by atoms with Crippen LogP contribution in [-0.4, -0.2) is 24.0 Å². The van der Waals surface area contributed by atoms with Crippen molar-refractivity contribution in [2.24, 2.45) is 5.92 Å². The van der Waals surface area contributed by atoms with Gasteiger partial charge >= 0.3 is 0 Å². The Morgan fingerprint density at radius 2 is 2.22 bits per heavy atom. The van der Waals surface area contributed by atoms with Crippen molar-refractivity contribution in [3.8, 4) is 0 Å². The molecule has 1 fully saturated rings. The number of pyridine rings is 1. The van der Waals surface area contributed by atoms with Gasteiger partial charge in [-0.15, -0.1) is 0 Å². The lowest BCUT2D eigenvalue weighted by Crippen LogP contribution is -2.34. The fourth-order valence-electron chi connectivity index (χ4n) is 2.88. The number of nitrogens with one attached hydrogen (secondary N) is 1. The lowest BCUT2D eigenvalue weighted by molar-refractivity contribution is 0.102. The van der Waals surface area contributed by atoms with Crippen LogP contribution in [0.15, 0.2) is 42.6 Å². The second-order valence-corrected chi connectivity index (χ2v) is 6.50. The summed E-state index contributed by atoms with van der Waals surface area (Å²) < 4.78 is 0. The Hall–Kier alpha value is -2.07. The summed E-state index contributed by atoms with van der Waals surface area (Å²) in [6, 6.07) is 10.7. The summed E-state index contributed by atoms with van der Waals surface area (Å²) in [5.74, 6) is 1.48. The number of hydrogen-bond donors (Lipinski definition) is 1. The zero-order chi connectivity index (χ0) is 16.2. The predicted octanol–water partition coefficient (Wildman–Crippen LogP) is 4.22. The largest absolute Gasteiger partial charge is 0.356 e. The minimum atomic E-state index is -0.186. The molecule has 1 N–H and O–H groups in total. The van der Waals surface area contributed by atoms with Gasteiger partial charge in [-0.1, -0.05) is 24.6 Å². The van der Waals surface area contributed by atoms with Crippen molar-refractivity contribution >= 4 is 29.0 Å². The summed E-state index contributed by atoms with van der Waals surface area (Å²) in [7, 11) is 0. The number of aromatic nitrogens is 1. The Morgan fingerprint density at radius 1 is 1.35 bits per heavy atom. The molecule has 0 saturated carbocycles. The molecule has 2 heterocycles. The normalized spacial score (nSPS) is 17.8. The van der Waals surface area contributed by atoms with Crippen molar-refractivity contribution in [2.75, 3.05) is 23.3 Å². The van der Waals surface area contributed by atoms with Gasteiger partial charge in [0.05, 0.1) is 11.9 Å². The van der Waals surface area contributed by atoms with Crippen LogP contribution in [0.1, 0.15) is 30.1 Å². The Labute approximate surface area is 141 Å². The molecule has 120 valence electrons. The highest BCUT2D eigenvalue weighted by Crippen LogP contribution is 2.22. The van der Waals surface area contributed by atoms with Gasteiger partial charge in [-0.2, -0.15) is 0 Å². The molecule has 3 rings (SSSR count). The molecule has 1 aromatic carbocycles. The lowest BCUT2D eigenvalue weighted by Gasteiger charge is -2.31. The molecule has 1 aliphatic heterocycles. The Bertz CT molecular complexity index is 687. The third-order valence-corrected chi connectivity index (χ3v) is 4.31. The first-order chi connectivity index (χ1) is 11.1. The molecule has 23 heavy (non-hydrogen) atoms. The number of carbonyl (C=O) groups excluding carboxylic acids is 1. The summed E-state index contributed by atoms with van der Waals surface area (Å²) in [6.45, 7) is 4.36. The van der Waals surface area contributed by atoms with Crippen LogP contribution in [0.4, 0.5) is 11.5 Å². The second-order valence-electron chi connectivity index (χ2n) is 6.06. The molecule has 5 heteroatoms. The summed E-state index contributed by atoms with van der Waals surface area (Å²) in [6.07, 6.45) is 4.19. The van der Waals surface area contributed by atoms with Crippen LogP contribution in [0.2, 0.25) is 5.02 Å². The van der Waals surface area contributed by atoms with E-state index < -0.39 is 0 Å². The van der Waals surface area contributed by atoms with Gasteiger partial charge in [0, 0.05) is 23.7 Å². The first-order valence-corrected chi connectivity index (χ1v) is 8.27. The van der Waals surface area contributed by atoms with Crippen LogP contribution < -0.4 is 10.2 Å². The zero-order valence-corrected chi connectivity index (χ0v) is 13.9. The molecule has 1 aliphatic rings. The fraction of sp³-hybridized carbons (Fsp3) is 0.333. The zero-order valence-electron chi connectivity index (χ0n) is 13.1. The number of hydrogen-bond acceptors (Lipinski definition) is 3. The average Bonchev–Trinajstić information content (AvgIpc) is 2.55. The van der Waals surface area contributed by atoms with E-state index in [9.17, 15) is 4.79 Å². The van der Waals surface area contributed by atoms with E-state index in [1.165, 1.54) is 12.8 Å². The standard InChI is InChI=1S/C18H20ClN3O/c1-13-4-3-9-22(12-13)17-8-7-16(11-20-17)21-18(23)14-5-2-6-15(19)10-14/h2,5-8,10-11,13H,3-4,9,12H2,1H3,(H,21,23). The molecule has 1 unspecified atom stereocenters. The Kier molecular flexibility index (Phi) is 4.82. The molecule has 2 aromatic rings. The van der Waals surface area contributed by atoms with Crippen molar-refractivity contribution in [3.05, 3.63) is 53.2 Å². The maximum absolute atomic E-state index is 12.2. The molecule has 0 bridgehead atoms. The summed E-state index contributed by atoms with van der Waals surface area (Å²) in [5, 5.41) is 3.39. The van der Waals surface area contributed by atoms with Gasteiger partial charge < -0.3 is 10.2 Å². The van der Waals surface area contributed by atoms with Crippen LogP contribution in [0, 0.1) is 5.92 Å². The van der Waals surface area contributed by atoms with Gasteiger partial charge in [0.15, 0.2) is 0 Å². The third kappa shape index (κ3) is 4.02. The minimum absolute atomic E-state index is 0.186. The Morgan fingerprint density at radius 3 is 2.91 bits per heavy atom. The van der Waals surface area contributed by atoms with E-state index in [0.29, 0.717) is 22.2 Å². The van der Waals surface area contributed by atoms with E-state index >= 15 is 0 Å². The number of nitrogens with zero attached hydrogens (tertiary/aromatic N) is 2. The van der Waals surface area contributed by atoms with Crippen molar-refractivity contribution < 1.29 is 4.79 Å². The van der Waals surface area contributed by atoms with Gasteiger partial charge in [0.2, 0.25) is 0 Å². The smallest absolute Gasteiger partial charge is 0.255 e. The number of piperidine rings is 1. The van der Waals surface area contributed by atoms with Crippen molar-refractivity contribution in [1.29, 1.82) is 0 Å². The van der Waals surface area contributed by atoms with Crippen molar-refractivity contribution in [3.63, 3.8) is 0 Å². The maximum atomic E-state index is 12.2. The van der Waals surface area contributed by atoms with Gasteiger partial charge in [-0.3, -0.25) is 4.79 Å². The third-order valence-electron chi connectivity index (χ3n) is 4.07. The molecule has 1 saturated heterocycles. The van der Waals surface area contributed by atoms with E-state index in [0.717, 1.165) is 18.9 Å². The number of halogens is 1. The summed E-state index contributed by atoms with van der Waals surface area (Å²) in [4.78, 5) is 19.0. The summed E-state index contributed by atoms with van der Waals surface area (Å²) in [5.41, 5.74) is 1.22. The van der Waals surface area contributed by atoms with Crippen molar-refractivity contribution in [2.45, 2.75) is 19.8 Å². The first kappa shape index (κ1) is 15.8. The van der Waals surface area contributed by atoms with E-state index in [2.05, 4.69) is 22.1 Å². The van der Waals surface area contributed by atoms with Gasteiger partial charge in [-0.25, -0.2) is 4.98 Å². The minimum Gasteiger partial charge on any atom is -0.356 e. The predicted molar refractivity (Wildman–Crippen MR) is 94.3 cm³/mol. The number of carbonyl (C=O) groups is 1. The molecular weight excluding hydrogens is 310 g/mol. The highest BCUT2D eigenvalue weighted by molar-refractivity contribution is 6.31. The topological polar surface area (TPSA) is 45.2 Å². The molecule has 0 aliphatic carbocycles. The number of amides is 1. The van der Waals surface area contributed by atoms with Crippen LogP contribution in [0.3, 0.4) is 0 Å². The highest BCUT2D eigenvalue weighted by atomic mass is 35.5. The maximum Gasteiger partial charge on any atom is 0.255 e. The van der Waals surface area contributed by atoms with Crippen molar-refractivity contribution in [1.82, 2.24) is 4.98 Å². The van der Waals surface area contributed by atoms with Crippen LogP contribution in [0.25, 0.3) is 0 Å². The average molecular weight is 330 g/mol. The number of anilines is 2. The van der Waals surface area contributed by atoms with E-state index in [4.69, 9.17) is 11.6 Å². The highest BCUT2D eigenvalue weighted by Gasteiger charge is 2.17. The van der Waals surface area contributed by atoms with E-state index in [1.807, 2.05) is 12.1 Å². The number of benzene rings is 1. The van der Waals surface area contributed by atoms with Crippen LogP contribution in [-0.2, 0) is 0 Å².